The van der Waals surface area contributed by atoms with Crippen LogP contribution in [0.15, 0.2) is 92.9 Å². The zero-order valence-electron chi connectivity index (χ0n) is 17.8. The maximum absolute atomic E-state index is 6.54. The molecule has 4 nitrogen and oxygen atoms in total. The summed E-state index contributed by atoms with van der Waals surface area (Å²) in [5, 5.41) is 9.65. The van der Waals surface area contributed by atoms with Crippen molar-refractivity contribution in [1.29, 1.82) is 0 Å². The summed E-state index contributed by atoms with van der Waals surface area (Å²) in [4.78, 5) is 0. The Kier molecular flexibility index (Phi) is 5.15. The minimum atomic E-state index is -0.394. The lowest BCUT2D eigenvalue weighted by molar-refractivity contribution is -0.0204. The second-order valence-corrected chi connectivity index (χ2v) is 10.1. The van der Waals surface area contributed by atoms with Crippen molar-refractivity contribution in [3.8, 4) is 11.5 Å². The third kappa shape index (κ3) is 3.62. The van der Waals surface area contributed by atoms with Gasteiger partial charge in [-0.1, -0.05) is 68.3 Å². The Labute approximate surface area is 209 Å². The normalized spacial score (nSPS) is 19.0. The molecule has 2 aliphatic heterocycles. The van der Waals surface area contributed by atoms with Gasteiger partial charge in [0.1, 0.15) is 11.5 Å². The minimum Gasteiger partial charge on any atom is -0.496 e. The number of ether oxygens (including phenoxy) is 2. The summed E-state index contributed by atoms with van der Waals surface area (Å²) in [5.41, 5.74) is 4.27. The summed E-state index contributed by atoms with van der Waals surface area (Å²) in [5.74, 6) is 1.65. The molecule has 4 aromatic carbocycles. The maximum atomic E-state index is 6.54. The quantitative estimate of drug-likeness (QED) is 0.257. The molecule has 0 saturated carbocycles. The molecule has 2 heterocycles. The van der Waals surface area contributed by atoms with Gasteiger partial charge in [0.2, 0.25) is 6.23 Å². The minimum absolute atomic E-state index is 0.0707. The molecule has 6 rings (SSSR count). The van der Waals surface area contributed by atoms with Crippen LogP contribution in [0.4, 0.5) is 0 Å². The van der Waals surface area contributed by atoms with Crippen molar-refractivity contribution in [3.05, 3.63) is 104 Å². The Balaban J connectivity index is 1.48. The fraction of sp³-hybridized carbons (Fsp3) is 0.148. The van der Waals surface area contributed by atoms with Gasteiger partial charge in [-0.15, -0.1) is 0 Å². The molecule has 0 amide bonds. The zero-order valence-corrected chi connectivity index (χ0v) is 21.0. The van der Waals surface area contributed by atoms with Crippen molar-refractivity contribution in [2.24, 2.45) is 5.10 Å². The van der Waals surface area contributed by atoms with Crippen LogP contribution >= 0.6 is 31.9 Å². The molecule has 0 saturated heterocycles. The van der Waals surface area contributed by atoms with Crippen molar-refractivity contribution < 1.29 is 9.47 Å². The van der Waals surface area contributed by atoms with Crippen LogP contribution in [0, 0.1) is 0 Å². The zero-order chi connectivity index (χ0) is 22.5. The highest BCUT2D eigenvalue weighted by Crippen LogP contribution is 2.49. The van der Waals surface area contributed by atoms with E-state index in [4.69, 9.17) is 14.6 Å². The van der Waals surface area contributed by atoms with E-state index in [9.17, 15) is 0 Å². The van der Waals surface area contributed by atoms with Gasteiger partial charge in [-0.25, -0.2) is 5.01 Å². The number of methoxy groups -OCH3 is 1. The highest BCUT2D eigenvalue weighted by molar-refractivity contribution is 9.10. The van der Waals surface area contributed by atoms with Crippen LogP contribution in [0.5, 0.6) is 11.5 Å². The summed E-state index contributed by atoms with van der Waals surface area (Å²) in [6, 6.07) is 27.2. The van der Waals surface area contributed by atoms with Gasteiger partial charge in [-0.05, 0) is 58.8 Å². The first-order chi connectivity index (χ1) is 16.1. The highest BCUT2D eigenvalue weighted by atomic mass is 79.9. The Morgan fingerprint density at radius 1 is 0.879 bits per heavy atom. The first-order valence-corrected chi connectivity index (χ1v) is 12.3. The summed E-state index contributed by atoms with van der Waals surface area (Å²) in [6.45, 7) is 0. The van der Waals surface area contributed by atoms with E-state index >= 15 is 0 Å². The molecule has 2 aliphatic rings. The molecular formula is C27H20Br2N2O2. The Hall–Kier alpha value is -2.83. The van der Waals surface area contributed by atoms with Gasteiger partial charge in [-0.3, -0.25) is 0 Å². The Morgan fingerprint density at radius 3 is 2.45 bits per heavy atom. The Bertz CT molecular complexity index is 1420. The predicted octanol–water partition coefficient (Wildman–Crippen LogP) is 7.62. The van der Waals surface area contributed by atoms with Crippen molar-refractivity contribution in [1.82, 2.24) is 5.01 Å². The van der Waals surface area contributed by atoms with Crippen LogP contribution in [0.3, 0.4) is 0 Å². The van der Waals surface area contributed by atoms with Gasteiger partial charge in [0.05, 0.1) is 24.4 Å². The molecule has 33 heavy (non-hydrogen) atoms. The van der Waals surface area contributed by atoms with E-state index in [1.54, 1.807) is 7.11 Å². The summed E-state index contributed by atoms with van der Waals surface area (Å²) in [6.07, 6.45) is 0.409. The van der Waals surface area contributed by atoms with Gasteiger partial charge in [0.15, 0.2) is 0 Å². The van der Waals surface area contributed by atoms with E-state index in [0.717, 1.165) is 49.3 Å². The highest BCUT2D eigenvalue weighted by Gasteiger charge is 2.42. The maximum Gasteiger partial charge on any atom is 0.217 e. The topological polar surface area (TPSA) is 34.1 Å². The van der Waals surface area contributed by atoms with Crippen molar-refractivity contribution >= 4 is 48.3 Å². The third-order valence-corrected chi connectivity index (χ3v) is 7.28. The molecule has 0 radical (unpaired) electrons. The van der Waals surface area contributed by atoms with Crippen molar-refractivity contribution in [2.45, 2.75) is 18.7 Å². The van der Waals surface area contributed by atoms with Crippen LogP contribution in [0.2, 0.25) is 0 Å². The molecular weight excluding hydrogens is 544 g/mol. The van der Waals surface area contributed by atoms with Crippen LogP contribution in [0.1, 0.15) is 35.4 Å². The van der Waals surface area contributed by atoms with E-state index in [1.165, 1.54) is 10.8 Å². The number of nitrogens with zero attached hydrogens (tertiary/aromatic N) is 2. The van der Waals surface area contributed by atoms with Gasteiger partial charge in [0, 0.05) is 20.9 Å². The molecule has 0 N–H and O–H groups in total. The predicted molar refractivity (Wildman–Crippen MR) is 138 cm³/mol. The third-order valence-electron chi connectivity index (χ3n) is 6.29. The molecule has 0 aromatic heterocycles. The number of hydrogen-bond acceptors (Lipinski definition) is 4. The number of fused-ring (bicyclic) bond motifs is 4. The average molecular weight is 564 g/mol. The first kappa shape index (κ1) is 20.8. The molecule has 4 aromatic rings. The van der Waals surface area contributed by atoms with Gasteiger partial charge in [-0.2, -0.15) is 5.10 Å². The van der Waals surface area contributed by atoms with Crippen LogP contribution < -0.4 is 9.47 Å². The van der Waals surface area contributed by atoms with E-state index in [0.29, 0.717) is 0 Å². The standard InChI is InChI=1S/C27H20Br2N2O2/c1-32-25-10-8-20(29)14-22(25)27-31-24(21-13-19(28)9-11-26(21)33-27)15-23(30-31)18-7-6-16-4-2-3-5-17(16)12-18/h2-14,24,27H,15H2,1H3/t24-,27-/m0/s1. The number of hydrazone groups is 1. The molecule has 164 valence electrons. The molecule has 0 unspecified atom stereocenters. The SMILES string of the molecule is COc1ccc(Br)cc1[C@@H]1Oc2ccc(Br)cc2[C@@H]2CC(c3ccc4ccccc4c3)=NN21. The second-order valence-electron chi connectivity index (χ2n) is 8.25. The van der Waals surface area contributed by atoms with Crippen LogP contribution in [-0.4, -0.2) is 17.8 Å². The second kappa shape index (κ2) is 8.19. The van der Waals surface area contributed by atoms with Crippen molar-refractivity contribution in [3.63, 3.8) is 0 Å². The number of halogens is 2. The van der Waals surface area contributed by atoms with E-state index < -0.39 is 6.23 Å². The van der Waals surface area contributed by atoms with E-state index in [1.807, 2.05) is 30.3 Å². The molecule has 0 bridgehead atoms. The lowest BCUT2D eigenvalue weighted by Gasteiger charge is -2.38. The summed E-state index contributed by atoms with van der Waals surface area (Å²) < 4.78 is 14.2. The molecule has 0 aliphatic carbocycles. The molecule has 0 spiro atoms. The van der Waals surface area contributed by atoms with Gasteiger partial charge >= 0.3 is 0 Å². The average Bonchev–Trinajstić information content (AvgIpc) is 3.29. The summed E-state index contributed by atoms with van der Waals surface area (Å²) in [7, 11) is 1.69. The molecule has 2 atom stereocenters. The largest absolute Gasteiger partial charge is 0.496 e. The van der Waals surface area contributed by atoms with Crippen LogP contribution in [-0.2, 0) is 0 Å². The number of benzene rings is 4. The van der Waals surface area contributed by atoms with Gasteiger partial charge in [0.25, 0.3) is 0 Å². The number of rotatable bonds is 3. The monoisotopic (exact) mass is 562 g/mol. The molecule has 0 fully saturated rings. The van der Waals surface area contributed by atoms with E-state index in [-0.39, 0.29) is 6.04 Å². The first-order valence-electron chi connectivity index (χ1n) is 10.8. The molecule has 6 heteroatoms. The fourth-order valence-corrected chi connectivity index (χ4v) is 5.46. The lowest BCUT2D eigenvalue weighted by atomic mass is 9.95. The Morgan fingerprint density at radius 2 is 1.64 bits per heavy atom. The smallest absolute Gasteiger partial charge is 0.217 e. The van der Waals surface area contributed by atoms with Crippen molar-refractivity contribution in [2.75, 3.05) is 7.11 Å². The lowest BCUT2D eigenvalue weighted by Crippen LogP contribution is -2.34. The van der Waals surface area contributed by atoms with Crippen LogP contribution in [0.25, 0.3) is 10.8 Å². The summed E-state index contributed by atoms with van der Waals surface area (Å²) >= 11 is 7.24. The number of hydrogen-bond donors (Lipinski definition) is 0. The van der Waals surface area contributed by atoms with Gasteiger partial charge < -0.3 is 9.47 Å². The fourth-order valence-electron chi connectivity index (χ4n) is 4.70. The van der Waals surface area contributed by atoms with E-state index in [2.05, 4.69) is 85.4 Å².